The molecule has 0 saturated carbocycles. The first-order valence-electron chi connectivity index (χ1n) is 10.9. The zero-order valence-electron chi connectivity index (χ0n) is 18.0. The average molecular weight is 475 g/mol. The molecule has 170 valence electrons. The van der Waals surface area contributed by atoms with E-state index in [0.717, 1.165) is 26.4 Å². The largest absolute Gasteiger partial charge is 0.459 e. The van der Waals surface area contributed by atoms with E-state index in [9.17, 15) is 14.0 Å². The molecule has 3 aromatic heterocycles. The molecule has 0 spiro atoms. The van der Waals surface area contributed by atoms with Crippen molar-refractivity contribution >= 4 is 38.3 Å². The Bertz CT molecular complexity index is 1510. The third kappa shape index (κ3) is 3.54. The Balaban J connectivity index is 1.20. The zero-order valence-corrected chi connectivity index (χ0v) is 18.8. The summed E-state index contributed by atoms with van der Waals surface area (Å²) < 4.78 is 21.4. The van der Waals surface area contributed by atoms with Crippen molar-refractivity contribution in [3.05, 3.63) is 84.2 Å². The number of hydrogen-bond acceptors (Lipinski definition) is 5. The maximum absolute atomic E-state index is 13.2. The van der Waals surface area contributed by atoms with Crippen LogP contribution in [0.5, 0.6) is 0 Å². The number of furan rings is 1. The number of carbonyl (C=O) groups excluding carboxylic acids is 2. The van der Waals surface area contributed by atoms with Crippen LogP contribution in [0.2, 0.25) is 0 Å². The number of thiazole rings is 1. The van der Waals surface area contributed by atoms with Gasteiger partial charge in [0, 0.05) is 43.5 Å². The number of rotatable bonds is 3. The number of amides is 2. The molecule has 0 N–H and O–H groups in total. The quantitative estimate of drug-likeness (QED) is 0.385. The van der Waals surface area contributed by atoms with Crippen molar-refractivity contribution in [3.8, 4) is 11.3 Å². The molecule has 34 heavy (non-hydrogen) atoms. The summed E-state index contributed by atoms with van der Waals surface area (Å²) in [5.41, 5.74) is 3.20. The van der Waals surface area contributed by atoms with E-state index in [2.05, 4.69) is 4.98 Å². The van der Waals surface area contributed by atoms with E-state index >= 15 is 0 Å². The predicted octanol–water partition coefficient (Wildman–Crippen LogP) is 4.55. The van der Waals surface area contributed by atoms with Crippen LogP contribution in [0.4, 0.5) is 4.39 Å². The predicted molar refractivity (Wildman–Crippen MR) is 126 cm³/mol. The van der Waals surface area contributed by atoms with Gasteiger partial charge in [0.2, 0.25) is 0 Å². The number of imidazole rings is 1. The fraction of sp³-hybridized carbons (Fsp3) is 0.160. The van der Waals surface area contributed by atoms with Gasteiger partial charge in [-0.3, -0.25) is 14.0 Å². The molecule has 0 bridgehead atoms. The number of fused-ring (bicyclic) bond motifs is 3. The molecule has 4 heterocycles. The smallest absolute Gasteiger partial charge is 0.289 e. The monoisotopic (exact) mass is 474 g/mol. The number of aromatic nitrogens is 2. The van der Waals surface area contributed by atoms with E-state index < -0.39 is 0 Å². The molecule has 1 aliphatic rings. The fourth-order valence-corrected chi connectivity index (χ4v) is 5.29. The van der Waals surface area contributed by atoms with E-state index in [-0.39, 0.29) is 17.6 Å². The van der Waals surface area contributed by atoms with Crippen LogP contribution in [-0.4, -0.2) is 57.2 Å². The van der Waals surface area contributed by atoms with Gasteiger partial charge < -0.3 is 14.2 Å². The van der Waals surface area contributed by atoms with Crippen LogP contribution in [0.15, 0.2) is 71.5 Å². The van der Waals surface area contributed by atoms with Gasteiger partial charge in [-0.05, 0) is 54.6 Å². The number of hydrogen-bond donors (Lipinski definition) is 0. The van der Waals surface area contributed by atoms with Crippen molar-refractivity contribution in [1.82, 2.24) is 19.2 Å². The maximum atomic E-state index is 13.2. The Kier molecular flexibility index (Phi) is 4.91. The molecule has 1 fully saturated rings. The first-order chi connectivity index (χ1) is 16.6. The zero-order chi connectivity index (χ0) is 23.2. The number of benzene rings is 2. The second-order valence-corrected chi connectivity index (χ2v) is 9.14. The second-order valence-electron chi connectivity index (χ2n) is 8.13. The van der Waals surface area contributed by atoms with E-state index in [1.54, 1.807) is 34.1 Å². The maximum Gasteiger partial charge on any atom is 0.289 e. The summed E-state index contributed by atoms with van der Waals surface area (Å²) >= 11 is 1.51. The SMILES string of the molecule is O=C(c1ccc2c(c1)sc1nc(-c3ccc(F)cc3)cn12)N1CCN(C(=O)c2ccco2)CC1. The van der Waals surface area contributed by atoms with Gasteiger partial charge in [-0.1, -0.05) is 11.3 Å². The van der Waals surface area contributed by atoms with E-state index in [4.69, 9.17) is 4.42 Å². The molecule has 0 aliphatic carbocycles. The Morgan fingerprint density at radius 1 is 0.941 bits per heavy atom. The van der Waals surface area contributed by atoms with Crippen molar-refractivity contribution in [2.24, 2.45) is 0 Å². The molecule has 0 atom stereocenters. The van der Waals surface area contributed by atoms with Crippen LogP contribution in [0.3, 0.4) is 0 Å². The molecule has 7 nitrogen and oxygen atoms in total. The van der Waals surface area contributed by atoms with Crippen molar-refractivity contribution in [2.45, 2.75) is 0 Å². The molecule has 5 aromatic rings. The minimum atomic E-state index is -0.280. The number of nitrogens with zero attached hydrogens (tertiary/aromatic N) is 4. The minimum absolute atomic E-state index is 0.0509. The molecule has 0 unspecified atom stereocenters. The van der Waals surface area contributed by atoms with Gasteiger partial charge in [0.1, 0.15) is 5.82 Å². The summed E-state index contributed by atoms with van der Waals surface area (Å²) in [6.45, 7) is 1.87. The molecule has 9 heteroatoms. The summed E-state index contributed by atoms with van der Waals surface area (Å²) in [5, 5.41) is 0. The third-order valence-corrected chi connectivity index (χ3v) is 7.08. The Labute approximate surface area is 197 Å². The van der Waals surface area contributed by atoms with Gasteiger partial charge >= 0.3 is 0 Å². The Morgan fingerprint density at radius 3 is 2.38 bits per heavy atom. The van der Waals surface area contributed by atoms with Gasteiger partial charge in [0.15, 0.2) is 10.7 Å². The molecule has 1 aliphatic heterocycles. The average Bonchev–Trinajstić information content (AvgIpc) is 3.60. The number of piperazine rings is 1. The summed E-state index contributed by atoms with van der Waals surface area (Å²) in [7, 11) is 0. The third-order valence-electron chi connectivity index (χ3n) is 6.07. The van der Waals surface area contributed by atoms with Gasteiger partial charge in [-0.25, -0.2) is 9.37 Å². The normalized spacial score (nSPS) is 14.3. The van der Waals surface area contributed by atoms with Crippen molar-refractivity contribution in [1.29, 1.82) is 0 Å². The summed E-state index contributed by atoms with van der Waals surface area (Å²) in [5.74, 6) is -0.168. The number of halogens is 1. The lowest BCUT2D eigenvalue weighted by atomic mass is 10.1. The highest BCUT2D eigenvalue weighted by molar-refractivity contribution is 7.23. The van der Waals surface area contributed by atoms with E-state index in [1.165, 1.54) is 29.7 Å². The standard InChI is InChI=1S/C25H19FN4O3S/c26-18-6-3-16(4-7-18)19-15-30-20-8-5-17(14-22(20)34-25(30)27-19)23(31)28-9-11-29(12-10-28)24(32)21-2-1-13-33-21/h1-8,13-15H,9-12H2. The first kappa shape index (κ1) is 20.6. The molecule has 6 rings (SSSR count). The van der Waals surface area contributed by atoms with E-state index in [0.29, 0.717) is 37.5 Å². The molecule has 1 saturated heterocycles. The molecule has 2 aromatic carbocycles. The topological polar surface area (TPSA) is 71.1 Å². The van der Waals surface area contributed by atoms with E-state index in [1.807, 2.05) is 28.8 Å². The van der Waals surface area contributed by atoms with Gasteiger partial charge in [0.25, 0.3) is 11.8 Å². The van der Waals surface area contributed by atoms with Crippen molar-refractivity contribution in [3.63, 3.8) is 0 Å². The lowest BCUT2D eigenvalue weighted by Crippen LogP contribution is -2.50. The Hall–Kier alpha value is -3.98. The molecule has 2 amide bonds. The van der Waals surface area contributed by atoms with Crippen LogP contribution in [0.1, 0.15) is 20.9 Å². The highest BCUT2D eigenvalue weighted by Crippen LogP contribution is 2.30. The van der Waals surface area contributed by atoms with Crippen LogP contribution >= 0.6 is 11.3 Å². The number of carbonyl (C=O) groups is 2. The summed E-state index contributed by atoms with van der Waals surface area (Å²) in [6.07, 6.45) is 3.41. The minimum Gasteiger partial charge on any atom is -0.459 e. The molecular weight excluding hydrogens is 455 g/mol. The second kappa shape index (κ2) is 8.11. The van der Waals surface area contributed by atoms with Crippen LogP contribution in [0, 0.1) is 5.82 Å². The highest BCUT2D eigenvalue weighted by atomic mass is 32.1. The van der Waals surface area contributed by atoms with Gasteiger partial charge in [-0.2, -0.15) is 0 Å². The Morgan fingerprint density at radius 2 is 1.68 bits per heavy atom. The molecule has 0 radical (unpaired) electrons. The summed E-state index contributed by atoms with van der Waals surface area (Å²) in [4.78, 5) is 34.5. The first-order valence-corrected chi connectivity index (χ1v) is 11.7. The van der Waals surface area contributed by atoms with Gasteiger partial charge in [0.05, 0.1) is 22.2 Å². The lowest BCUT2D eigenvalue weighted by Gasteiger charge is -2.34. The van der Waals surface area contributed by atoms with Crippen molar-refractivity contribution in [2.75, 3.05) is 26.2 Å². The highest BCUT2D eigenvalue weighted by Gasteiger charge is 2.27. The van der Waals surface area contributed by atoms with Crippen molar-refractivity contribution < 1.29 is 18.4 Å². The summed E-state index contributed by atoms with van der Waals surface area (Å²) in [6, 6.07) is 15.3. The van der Waals surface area contributed by atoms with Gasteiger partial charge in [-0.15, -0.1) is 0 Å². The van der Waals surface area contributed by atoms with Crippen LogP contribution in [-0.2, 0) is 0 Å². The lowest BCUT2D eigenvalue weighted by molar-refractivity contribution is 0.0518. The van der Waals surface area contributed by atoms with Crippen LogP contribution < -0.4 is 0 Å². The molecular formula is C25H19FN4O3S. The fourth-order valence-electron chi connectivity index (χ4n) is 4.25. The van der Waals surface area contributed by atoms with Crippen LogP contribution in [0.25, 0.3) is 26.4 Å².